The summed E-state index contributed by atoms with van der Waals surface area (Å²) in [5.41, 5.74) is 2.45. The van der Waals surface area contributed by atoms with Crippen LogP contribution in [0.25, 0.3) is 0 Å². The van der Waals surface area contributed by atoms with Crippen LogP contribution >= 0.6 is 23.7 Å². The molecular weight excluding hydrogens is 378 g/mol. The van der Waals surface area contributed by atoms with E-state index >= 15 is 0 Å². The van der Waals surface area contributed by atoms with Gasteiger partial charge < -0.3 is 10.2 Å². The Balaban J connectivity index is 0.00000210. The maximum Gasteiger partial charge on any atom is 0.222 e. The number of carbonyl (C=O) groups is 1. The third-order valence-corrected chi connectivity index (χ3v) is 6.80. The van der Waals surface area contributed by atoms with Gasteiger partial charge in [0.1, 0.15) is 0 Å². The monoisotopic (exact) mass is 405 g/mol. The predicted octanol–water partition coefficient (Wildman–Crippen LogP) is 3.78. The second kappa shape index (κ2) is 8.72. The summed E-state index contributed by atoms with van der Waals surface area (Å²) in [6, 6.07) is 10.7. The minimum Gasteiger partial charge on any atom is -0.343 e. The Labute approximate surface area is 171 Å². The Kier molecular flexibility index (Phi) is 6.56. The van der Waals surface area contributed by atoms with Crippen LogP contribution in [0.15, 0.2) is 35.7 Å². The molecule has 1 unspecified atom stereocenters. The number of nitrogens with zero attached hydrogens (tertiary/aromatic N) is 2. The highest BCUT2D eigenvalue weighted by Crippen LogP contribution is 2.42. The van der Waals surface area contributed by atoms with Crippen molar-refractivity contribution in [1.29, 1.82) is 0 Å². The summed E-state index contributed by atoms with van der Waals surface area (Å²) in [4.78, 5) is 19.7. The third kappa shape index (κ3) is 4.20. The van der Waals surface area contributed by atoms with Crippen molar-refractivity contribution in [3.8, 4) is 0 Å². The Morgan fingerprint density at radius 2 is 2.04 bits per heavy atom. The first-order valence-electron chi connectivity index (χ1n) is 9.64. The molecule has 1 N–H and O–H groups in total. The van der Waals surface area contributed by atoms with Crippen LogP contribution in [0.2, 0.25) is 0 Å². The van der Waals surface area contributed by atoms with Gasteiger partial charge in [0.05, 0.1) is 10.7 Å². The quantitative estimate of drug-likeness (QED) is 0.841. The maximum atomic E-state index is 12.7. The molecule has 0 bridgehead atoms. The number of benzene rings is 1. The molecule has 2 saturated heterocycles. The number of carbonyl (C=O) groups excluding carboxylic acids is 1. The van der Waals surface area contributed by atoms with E-state index < -0.39 is 0 Å². The van der Waals surface area contributed by atoms with Gasteiger partial charge >= 0.3 is 0 Å². The molecule has 4 nitrogen and oxygen atoms in total. The van der Waals surface area contributed by atoms with E-state index in [0.717, 1.165) is 50.4 Å². The van der Waals surface area contributed by atoms with Gasteiger partial charge in [-0.05, 0) is 50.8 Å². The van der Waals surface area contributed by atoms with Gasteiger partial charge in [-0.2, -0.15) is 0 Å². The number of piperidine rings is 1. The molecule has 1 atom stereocenters. The molecular formula is C21H28ClN3OS. The van der Waals surface area contributed by atoms with E-state index in [1.54, 1.807) is 11.3 Å². The molecule has 27 heavy (non-hydrogen) atoms. The molecule has 0 aliphatic carbocycles. The minimum atomic E-state index is -0.0578. The lowest BCUT2D eigenvalue weighted by Crippen LogP contribution is -2.46. The van der Waals surface area contributed by atoms with E-state index in [1.165, 1.54) is 11.3 Å². The van der Waals surface area contributed by atoms with E-state index in [0.29, 0.717) is 18.2 Å². The summed E-state index contributed by atoms with van der Waals surface area (Å²) in [6.45, 7) is 5.76. The largest absolute Gasteiger partial charge is 0.343 e. The summed E-state index contributed by atoms with van der Waals surface area (Å²) in [5.74, 6) is 0.847. The summed E-state index contributed by atoms with van der Waals surface area (Å²) < 4.78 is 0. The molecule has 0 spiro atoms. The zero-order chi connectivity index (χ0) is 18.0. The van der Waals surface area contributed by atoms with Gasteiger partial charge in [0.2, 0.25) is 5.91 Å². The second-order valence-corrected chi connectivity index (χ2v) is 8.71. The fraction of sp³-hybridized carbons (Fsp3) is 0.524. The van der Waals surface area contributed by atoms with Crippen LogP contribution in [0.4, 0.5) is 0 Å². The van der Waals surface area contributed by atoms with E-state index in [-0.39, 0.29) is 17.8 Å². The molecule has 1 aromatic carbocycles. The molecule has 146 valence electrons. The molecule has 2 aliphatic heterocycles. The fourth-order valence-electron chi connectivity index (χ4n) is 4.44. The molecule has 2 aromatic rings. The Morgan fingerprint density at radius 1 is 1.30 bits per heavy atom. The SMILES string of the molecule is Cc1nc(C2(c3ccccc3)CCN(C(=O)CC3CCNC3)CC2)cs1.Cl. The van der Waals surface area contributed by atoms with E-state index in [1.807, 2.05) is 0 Å². The Hall–Kier alpha value is -1.43. The van der Waals surface area contributed by atoms with Gasteiger partial charge in [0, 0.05) is 30.3 Å². The van der Waals surface area contributed by atoms with Gasteiger partial charge in [0.15, 0.2) is 0 Å². The Bertz CT molecular complexity index is 750. The van der Waals surface area contributed by atoms with Crippen LogP contribution in [-0.4, -0.2) is 42.0 Å². The number of nitrogens with one attached hydrogen (secondary N) is 1. The summed E-state index contributed by atoms with van der Waals surface area (Å²) in [5, 5.41) is 6.69. The fourth-order valence-corrected chi connectivity index (χ4v) is 5.15. The lowest BCUT2D eigenvalue weighted by atomic mass is 9.70. The number of aromatic nitrogens is 1. The van der Waals surface area contributed by atoms with Crippen molar-refractivity contribution in [2.45, 2.75) is 38.0 Å². The van der Waals surface area contributed by atoms with Crippen LogP contribution in [-0.2, 0) is 10.2 Å². The smallest absolute Gasteiger partial charge is 0.222 e. The van der Waals surface area contributed by atoms with Gasteiger partial charge in [0.25, 0.3) is 0 Å². The van der Waals surface area contributed by atoms with Crippen molar-refractivity contribution >= 4 is 29.7 Å². The summed E-state index contributed by atoms with van der Waals surface area (Å²) >= 11 is 1.72. The molecule has 1 aromatic heterocycles. The zero-order valence-corrected chi connectivity index (χ0v) is 17.5. The molecule has 0 saturated carbocycles. The van der Waals surface area contributed by atoms with Crippen LogP contribution in [0, 0.1) is 12.8 Å². The van der Waals surface area contributed by atoms with Gasteiger partial charge in [-0.25, -0.2) is 4.98 Å². The van der Waals surface area contributed by atoms with Gasteiger partial charge in [-0.3, -0.25) is 4.79 Å². The van der Waals surface area contributed by atoms with Crippen LogP contribution < -0.4 is 5.32 Å². The highest BCUT2D eigenvalue weighted by molar-refractivity contribution is 7.09. The number of thiazole rings is 1. The normalized spacial score (nSPS) is 21.7. The number of amides is 1. The number of hydrogen-bond donors (Lipinski definition) is 1. The second-order valence-electron chi connectivity index (χ2n) is 7.64. The average molecular weight is 406 g/mol. The van der Waals surface area contributed by atoms with Crippen LogP contribution in [0.1, 0.15) is 41.9 Å². The predicted molar refractivity (Wildman–Crippen MR) is 113 cm³/mol. The molecule has 6 heteroatoms. The van der Waals surface area contributed by atoms with Crippen molar-refractivity contribution in [1.82, 2.24) is 15.2 Å². The molecule has 2 fully saturated rings. The standard InChI is InChI=1S/C21H27N3OS.ClH/c1-16-23-19(15-26-16)21(18-5-3-2-4-6-18)8-11-24(12-9-21)20(25)13-17-7-10-22-14-17;/h2-6,15,17,22H,7-14H2,1H3;1H. The van der Waals surface area contributed by atoms with Crippen molar-refractivity contribution in [3.63, 3.8) is 0 Å². The van der Waals surface area contributed by atoms with Crippen molar-refractivity contribution in [2.24, 2.45) is 5.92 Å². The van der Waals surface area contributed by atoms with Crippen LogP contribution in [0.5, 0.6) is 0 Å². The van der Waals surface area contributed by atoms with Crippen molar-refractivity contribution < 1.29 is 4.79 Å². The average Bonchev–Trinajstić information content (AvgIpc) is 3.34. The maximum absolute atomic E-state index is 12.7. The Morgan fingerprint density at radius 3 is 2.63 bits per heavy atom. The first kappa shape index (κ1) is 20.3. The minimum absolute atomic E-state index is 0. The number of hydrogen-bond acceptors (Lipinski definition) is 4. The van der Waals surface area contributed by atoms with Crippen LogP contribution in [0.3, 0.4) is 0 Å². The lowest BCUT2D eigenvalue weighted by molar-refractivity contribution is -0.133. The molecule has 1 amide bonds. The van der Waals surface area contributed by atoms with Gasteiger partial charge in [-0.1, -0.05) is 30.3 Å². The first-order valence-corrected chi connectivity index (χ1v) is 10.5. The first-order chi connectivity index (χ1) is 12.7. The number of rotatable bonds is 4. The molecule has 2 aliphatic rings. The number of halogens is 1. The van der Waals surface area contributed by atoms with E-state index in [9.17, 15) is 4.79 Å². The highest BCUT2D eigenvalue weighted by atomic mass is 35.5. The number of likely N-dealkylation sites (tertiary alicyclic amines) is 1. The lowest BCUT2D eigenvalue weighted by Gasteiger charge is -2.41. The number of aryl methyl sites for hydroxylation is 1. The molecule has 0 radical (unpaired) electrons. The van der Waals surface area contributed by atoms with Crippen molar-refractivity contribution in [2.75, 3.05) is 26.2 Å². The van der Waals surface area contributed by atoms with E-state index in [2.05, 4.69) is 52.9 Å². The van der Waals surface area contributed by atoms with E-state index in [4.69, 9.17) is 4.98 Å². The molecule has 3 heterocycles. The molecule has 4 rings (SSSR count). The third-order valence-electron chi connectivity index (χ3n) is 6.03. The summed E-state index contributed by atoms with van der Waals surface area (Å²) in [6.07, 6.45) is 3.73. The van der Waals surface area contributed by atoms with Crippen molar-refractivity contribution in [3.05, 3.63) is 52.0 Å². The summed E-state index contributed by atoms with van der Waals surface area (Å²) in [7, 11) is 0. The topological polar surface area (TPSA) is 45.2 Å². The van der Waals surface area contributed by atoms with Gasteiger partial charge in [-0.15, -0.1) is 23.7 Å². The highest BCUT2D eigenvalue weighted by Gasteiger charge is 2.40. The zero-order valence-electron chi connectivity index (χ0n) is 15.8.